The van der Waals surface area contributed by atoms with Crippen LogP contribution in [-0.4, -0.2) is 49.3 Å². The molecule has 7 nitrogen and oxygen atoms in total. The van der Waals surface area contributed by atoms with E-state index in [4.69, 9.17) is 23.7 Å². The molecule has 0 radical (unpaired) electrons. The molecule has 0 aromatic heterocycles. The first-order valence-electron chi connectivity index (χ1n) is 11.6. The minimum absolute atomic E-state index is 0.0244. The van der Waals surface area contributed by atoms with E-state index < -0.39 is 11.0 Å². The van der Waals surface area contributed by atoms with Crippen LogP contribution in [0.5, 0.6) is 0 Å². The fourth-order valence-electron chi connectivity index (χ4n) is 7.46. The molecule has 2 saturated heterocycles. The largest absolute Gasteiger partial charge is 0.472 e. The monoisotopic (exact) mass is 434 g/mol. The summed E-state index contributed by atoms with van der Waals surface area (Å²) in [7, 11) is 0. The van der Waals surface area contributed by atoms with Crippen molar-refractivity contribution >= 4 is 11.9 Å². The second-order valence-corrected chi connectivity index (χ2v) is 10.5. The molecular weight excluding hydrogens is 400 g/mol. The van der Waals surface area contributed by atoms with Crippen molar-refractivity contribution in [1.29, 1.82) is 0 Å². The van der Waals surface area contributed by atoms with E-state index in [-0.39, 0.29) is 60.2 Å². The lowest BCUT2D eigenvalue weighted by atomic mass is 9.42. The number of ether oxygens (including phenoxy) is 5. The maximum atomic E-state index is 12.1. The zero-order valence-corrected chi connectivity index (χ0v) is 18.9. The number of esters is 2. The lowest BCUT2D eigenvalue weighted by Gasteiger charge is -2.64. The zero-order valence-electron chi connectivity index (χ0n) is 18.9. The van der Waals surface area contributed by atoms with E-state index in [0.717, 1.165) is 25.7 Å². The Morgan fingerprint density at radius 3 is 2.61 bits per heavy atom. The van der Waals surface area contributed by atoms with Gasteiger partial charge in [-0.2, -0.15) is 0 Å². The lowest BCUT2D eigenvalue weighted by Crippen LogP contribution is -2.69. The van der Waals surface area contributed by atoms with E-state index in [1.165, 1.54) is 13.8 Å². The Balaban J connectivity index is 1.58. The summed E-state index contributed by atoms with van der Waals surface area (Å²) in [6, 6.07) is 0. The number of fused-ring (bicyclic) bond motifs is 3. The maximum absolute atomic E-state index is 12.1. The van der Waals surface area contributed by atoms with E-state index in [9.17, 15) is 9.59 Å². The average molecular weight is 435 g/mol. The molecule has 0 N–H and O–H groups in total. The smallest absolute Gasteiger partial charge is 0.302 e. The maximum Gasteiger partial charge on any atom is 0.302 e. The first-order chi connectivity index (χ1) is 14.7. The van der Waals surface area contributed by atoms with Gasteiger partial charge in [-0.05, 0) is 43.6 Å². The highest BCUT2D eigenvalue weighted by Gasteiger charge is 2.76. The van der Waals surface area contributed by atoms with Crippen molar-refractivity contribution in [3.8, 4) is 0 Å². The molecule has 5 rings (SSSR count). The molecule has 2 aliphatic carbocycles. The molecule has 0 aromatic rings. The molecule has 9 atom stereocenters. The Morgan fingerprint density at radius 2 is 1.97 bits per heavy atom. The van der Waals surface area contributed by atoms with Crippen LogP contribution in [0.4, 0.5) is 0 Å². The molecule has 3 aliphatic heterocycles. The van der Waals surface area contributed by atoms with E-state index in [2.05, 4.69) is 19.9 Å². The number of carbonyl (C=O) groups is 2. The summed E-state index contributed by atoms with van der Waals surface area (Å²) in [6.07, 6.45) is 7.82. The van der Waals surface area contributed by atoms with Crippen LogP contribution in [0, 0.1) is 28.6 Å². The number of rotatable bonds is 4. The van der Waals surface area contributed by atoms with Crippen molar-refractivity contribution in [2.75, 3.05) is 13.2 Å². The molecule has 0 amide bonds. The minimum Gasteiger partial charge on any atom is -0.472 e. The average Bonchev–Trinajstić information content (AvgIpc) is 3.15. The predicted molar refractivity (Wildman–Crippen MR) is 110 cm³/mol. The molecule has 0 aromatic carbocycles. The Kier molecular flexibility index (Phi) is 4.94. The molecule has 172 valence electrons. The third-order valence-electron chi connectivity index (χ3n) is 9.18. The van der Waals surface area contributed by atoms with Crippen molar-refractivity contribution < 1.29 is 33.3 Å². The summed E-state index contributed by atoms with van der Waals surface area (Å²) >= 11 is 0. The highest BCUT2D eigenvalue weighted by atomic mass is 16.7. The van der Waals surface area contributed by atoms with Gasteiger partial charge in [-0.25, -0.2) is 0 Å². The predicted octanol–water partition coefficient (Wildman–Crippen LogP) is 3.36. The number of hydrogen-bond donors (Lipinski definition) is 0. The van der Waals surface area contributed by atoms with Crippen LogP contribution in [0.2, 0.25) is 0 Å². The molecule has 1 spiro atoms. The summed E-state index contributed by atoms with van der Waals surface area (Å²) in [5.74, 6) is 0.0539. The fraction of sp³-hybridized carbons (Fsp3) is 0.833. The SMILES string of the molecule is CC(=O)OC[C@@]12[C@@H](OC(C)=O)C[C@@H](C)[C@](C)([C@@H]3CC4C=COC4O3)[C@H]1CCC[C@]21CO1. The van der Waals surface area contributed by atoms with Crippen molar-refractivity contribution in [2.45, 2.75) is 83.9 Å². The standard InChI is InChI=1S/C24H34O7/c1-14-10-20(30-16(3)26)24(13-28-15(2)25)18(6-5-8-23(24)12-29-23)22(14,4)19-11-17-7-9-27-21(17)31-19/h7,9,14,17-21H,5-6,8,10-13H2,1-4H3/t14-,17?,18-,19+,20+,21?,22+,23+,24+/m1/s1. The van der Waals surface area contributed by atoms with E-state index in [0.29, 0.717) is 13.0 Å². The summed E-state index contributed by atoms with van der Waals surface area (Å²) < 4.78 is 30.0. The Labute approximate surface area is 183 Å². The normalized spacial score (nSPS) is 49.8. The second-order valence-electron chi connectivity index (χ2n) is 10.5. The van der Waals surface area contributed by atoms with Gasteiger partial charge in [0.15, 0.2) is 0 Å². The quantitative estimate of drug-likeness (QED) is 0.496. The van der Waals surface area contributed by atoms with Gasteiger partial charge in [-0.1, -0.05) is 20.3 Å². The van der Waals surface area contributed by atoms with Crippen LogP contribution in [-0.2, 0) is 33.3 Å². The molecule has 2 saturated carbocycles. The van der Waals surface area contributed by atoms with Gasteiger partial charge in [0.1, 0.15) is 18.3 Å². The zero-order chi connectivity index (χ0) is 22.0. The van der Waals surface area contributed by atoms with Crippen LogP contribution >= 0.6 is 0 Å². The van der Waals surface area contributed by atoms with Crippen molar-refractivity contribution in [3.63, 3.8) is 0 Å². The van der Waals surface area contributed by atoms with Gasteiger partial charge in [-0.3, -0.25) is 9.59 Å². The summed E-state index contributed by atoms with van der Waals surface area (Å²) in [5, 5.41) is 0. The summed E-state index contributed by atoms with van der Waals surface area (Å²) in [6.45, 7) is 8.30. The highest BCUT2D eigenvalue weighted by molar-refractivity contribution is 5.67. The van der Waals surface area contributed by atoms with E-state index in [1.54, 1.807) is 6.26 Å². The van der Waals surface area contributed by atoms with Gasteiger partial charge in [-0.15, -0.1) is 0 Å². The van der Waals surface area contributed by atoms with Crippen LogP contribution in [0.1, 0.15) is 59.8 Å². The molecule has 3 heterocycles. The molecule has 7 heteroatoms. The van der Waals surface area contributed by atoms with Crippen molar-refractivity contribution in [3.05, 3.63) is 12.3 Å². The topological polar surface area (TPSA) is 83.6 Å². The molecule has 2 unspecified atom stereocenters. The van der Waals surface area contributed by atoms with Gasteiger partial charge in [0.25, 0.3) is 0 Å². The number of hydrogen-bond acceptors (Lipinski definition) is 7. The molecule has 4 fully saturated rings. The summed E-state index contributed by atoms with van der Waals surface area (Å²) in [5.41, 5.74) is -1.16. The third-order valence-corrected chi connectivity index (χ3v) is 9.18. The molecule has 5 aliphatic rings. The summed E-state index contributed by atoms with van der Waals surface area (Å²) in [4.78, 5) is 24.0. The first kappa shape index (κ1) is 21.3. The Morgan fingerprint density at radius 1 is 1.19 bits per heavy atom. The van der Waals surface area contributed by atoms with E-state index >= 15 is 0 Å². The number of carbonyl (C=O) groups excluding carboxylic acids is 2. The molecule has 0 bridgehead atoms. The van der Waals surface area contributed by atoms with Gasteiger partial charge < -0.3 is 23.7 Å². The van der Waals surface area contributed by atoms with Crippen LogP contribution in [0.25, 0.3) is 0 Å². The van der Waals surface area contributed by atoms with Crippen LogP contribution < -0.4 is 0 Å². The lowest BCUT2D eigenvalue weighted by molar-refractivity contribution is -0.253. The fourth-order valence-corrected chi connectivity index (χ4v) is 7.46. The van der Waals surface area contributed by atoms with Gasteiger partial charge in [0, 0.05) is 25.2 Å². The molecular formula is C24H34O7. The molecule has 31 heavy (non-hydrogen) atoms. The van der Waals surface area contributed by atoms with Crippen LogP contribution in [0.15, 0.2) is 12.3 Å². The van der Waals surface area contributed by atoms with Gasteiger partial charge in [0.2, 0.25) is 6.29 Å². The van der Waals surface area contributed by atoms with Crippen LogP contribution in [0.3, 0.4) is 0 Å². The second kappa shape index (κ2) is 7.20. The van der Waals surface area contributed by atoms with Crippen molar-refractivity contribution in [1.82, 2.24) is 0 Å². The number of epoxide rings is 1. The van der Waals surface area contributed by atoms with Crippen molar-refractivity contribution in [2.24, 2.45) is 28.6 Å². The first-order valence-corrected chi connectivity index (χ1v) is 11.6. The third kappa shape index (κ3) is 2.99. The van der Waals surface area contributed by atoms with Gasteiger partial charge >= 0.3 is 11.9 Å². The Bertz CT molecular complexity index is 789. The minimum atomic E-state index is -0.568. The van der Waals surface area contributed by atoms with Gasteiger partial charge in [0.05, 0.1) is 24.4 Å². The highest BCUT2D eigenvalue weighted by Crippen LogP contribution is 2.70. The Hall–Kier alpha value is -1.60. The van der Waals surface area contributed by atoms with E-state index in [1.807, 2.05) is 0 Å².